The SMILES string of the molecule is CC(C)N1CCN(C(=O)OC(C)(C)C)C(C)C1. The zero-order valence-corrected chi connectivity index (χ0v) is 12.0. The van der Waals surface area contributed by atoms with Gasteiger partial charge in [-0.3, -0.25) is 4.90 Å². The molecule has 0 aromatic carbocycles. The molecule has 0 aromatic rings. The summed E-state index contributed by atoms with van der Waals surface area (Å²) in [6.07, 6.45) is -0.187. The Labute approximate surface area is 105 Å². The molecule has 1 aliphatic rings. The quantitative estimate of drug-likeness (QED) is 0.707. The molecule has 0 N–H and O–H groups in total. The van der Waals surface area contributed by atoms with Gasteiger partial charge in [-0.05, 0) is 41.5 Å². The first-order valence-electron chi connectivity index (χ1n) is 6.44. The number of piperazine rings is 1. The Morgan fingerprint density at radius 2 is 1.88 bits per heavy atom. The summed E-state index contributed by atoms with van der Waals surface area (Å²) in [6.45, 7) is 14.8. The molecule has 0 aliphatic carbocycles. The number of hydrogen-bond acceptors (Lipinski definition) is 3. The Hall–Kier alpha value is -0.770. The molecule has 0 saturated carbocycles. The van der Waals surface area contributed by atoms with Crippen molar-refractivity contribution in [3.8, 4) is 0 Å². The second-order valence-electron chi connectivity index (χ2n) is 6.11. The van der Waals surface area contributed by atoms with Crippen molar-refractivity contribution in [2.24, 2.45) is 0 Å². The Kier molecular flexibility index (Phi) is 4.42. The Morgan fingerprint density at radius 1 is 1.29 bits per heavy atom. The second-order valence-corrected chi connectivity index (χ2v) is 6.11. The molecule has 4 nitrogen and oxygen atoms in total. The molecule has 1 aliphatic heterocycles. The van der Waals surface area contributed by atoms with Crippen LogP contribution in [-0.2, 0) is 4.74 Å². The Balaban J connectivity index is 2.55. The average Bonchev–Trinajstić information content (AvgIpc) is 2.14. The molecule has 0 bridgehead atoms. The van der Waals surface area contributed by atoms with Gasteiger partial charge in [-0.25, -0.2) is 4.79 Å². The van der Waals surface area contributed by atoms with Crippen molar-refractivity contribution in [3.05, 3.63) is 0 Å². The number of carbonyl (C=O) groups is 1. The standard InChI is InChI=1S/C13H26N2O2/c1-10(2)14-7-8-15(11(3)9-14)12(16)17-13(4,5)6/h10-11H,7-9H2,1-6H3. The molecule has 1 fully saturated rings. The van der Waals surface area contributed by atoms with Gasteiger partial charge in [-0.2, -0.15) is 0 Å². The van der Waals surface area contributed by atoms with E-state index in [1.807, 2.05) is 25.7 Å². The van der Waals surface area contributed by atoms with Crippen molar-refractivity contribution in [1.82, 2.24) is 9.80 Å². The van der Waals surface area contributed by atoms with Crippen LogP contribution in [0.3, 0.4) is 0 Å². The zero-order chi connectivity index (χ0) is 13.2. The van der Waals surface area contributed by atoms with Gasteiger partial charge in [0.05, 0.1) is 0 Å². The maximum absolute atomic E-state index is 12.0. The highest BCUT2D eigenvalue weighted by Crippen LogP contribution is 2.16. The lowest BCUT2D eigenvalue weighted by atomic mass is 10.1. The van der Waals surface area contributed by atoms with Gasteiger partial charge in [0.2, 0.25) is 0 Å². The van der Waals surface area contributed by atoms with Crippen LogP contribution < -0.4 is 0 Å². The van der Waals surface area contributed by atoms with Crippen LogP contribution in [-0.4, -0.2) is 53.2 Å². The summed E-state index contributed by atoms with van der Waals surface area (Å²) in [4.78, 5) is 16.2. The highest BCUT2D eigenvalue weighted by atomic mass is 16.6. The van der Waals surface area contributed by atoms with Crippen molar-refractivity contribution in [2.45, 2.75) is 59.2 Å². The molecule has 0 spiro atoms. The number of nitrogens with zero attached hydrogens (tertiary/aromatic N) is 2. The topological polar surface area (TPSA) is 32.8 Å². The van der Waals surface area contributed by atoms with E-state index in [-0.39, 0.29) is 12.1 Å². The van der Waals surface area contributed by atoms with Gasteiger partial charge in [0.25, 0.3) is 0 Å². The van der Waals surface area contributed by atoms with Crippen molar-refractivity contribution < 1.29 is 9.53 Å². The van der Waals surface area contributed by atoms with Crippen LogP contribution in [0.5, 0.6) is 0 Å². The fraction of sp³-hybridized carbons (Fsp3) is 0.923. The van der Waals surface area contributed by atoms with E-state index in [1.165, 1.54) is 0 Å². The fourth-order valence-corrected chi connectivity index (χ4v) is 2.05. The first-order valence-corrected chi connectivity index (χ1v) is 6.44. The van der Waals surface area contributed by atoms with Crippen molar-refractivity contribution in [3.63, 3.8) is 0 Å². The molecular formula is C13H26N2O2. The zero-order valence-electron chi connectivity index (χ0n) is 12.0. The van der Waals surface area contributed by atoms with Gasteiger partial charge in [0.15, 0.2) is 0 Å². The minimum atomic E-state index is -0.411. The summed E-state index contributed by atoms with van der Waals surface area (Å²) in [7, 11) is 0. The first kappa shape index (κ1) is 14.3. The van der Waals surface area contributed by atoms with Crippen molar-refractivity contribution >= 4 is 6.09 Å². The highest BCUT2D eigenvalue weighted by molar-refractivity contribution is 5.68. The number of carbonyl (C=O) groups excluding carboxylic acids is 1. The normalized spacial score (nSPS) is 23.0. The Bertz CT molecular complexity index is 271. The first-order chi connectivity index (χ1) is 7.70. The molecule has 1 heterocycles. The van der Waals surface area contributed by atoms with Gasteiger partial charge in [0, 0.05) is 31.7 Å². The van der Waals surface area contributed by atoms with E-state index < -0.39 is 5.60 Å². The maximum atomic E-state index is 12.0. The van der Waals surface area contributed by atoms with Crippen LogP contribution in [0, 0.1) is 0 Å². The summed E-state index contributed by atoms with van der Waals surface area (Å²) in [6, 6.07) is 0.763. The third-order valence-corrected chi connectivity index (χ3v) is 3.02. The van der Waals surface area contributed by atoms with Crippen LogP contribution in [0.25, 0.3) is 0 Å². The minimum Gasteiger partial charge on any atom is -0.444 e. The predicted octanol–water partition coefficient (Wildman–Crippen LogP) is 2.34. The third kappa shape index (κ3) is 4.19. The molecule has 1 amide bonds. The van der Waals surface area contributed by atoms with Crippen LogP contribution in [0.1, 0.15) is 41.5 Å². The molecule has 100 valence electrons. The lowest BCUT2D eigenvalue weighted by Gasteiger charge is -2.41. The van der Waals surface area contributed by atoms with E-state index in [0.29, 0.717) is 6.04 Å². The van der Waals surface area contributed by atoms with E-state index in [2.05, 4.69) is 25.7 Å². The van der Waals surface area contributed by atoms with Gasteiger partial charge in [0.1, 0.15) is 5.60 Å². The van der Waals surface area contributed by atoms with Crippen molar-refractivity contribution in [2.75, 3.05) is 19.6 Å². The number of amides is 1. The molecule has 1 unspecified atom stereocenters. The monoisotopic (exact) mass is 242 g/mol. The molecule has 4 heteroatoms. The maximum Gasteiger partial charge on any atom is 0.410 e. The highest BCUT2D eigenvalue weighted by Gasteiger charge is 2.31. The fourth-order valence-electron chi connectivity index (χ4n) is 2.05. The molecule has 0 radical (unpaired) electrons. The number of hydrogen-bond donors (Lipinski definition) is 0. The molecule has 0 aromatic heterocycles. The molecule has 1 rings (SSSR count). The summed E-state index contributed by atoms with van der Waals surface area (Å²) in [5.41, 5.74) is -0.411. The summed E-state index contributed by atoms with van der Waals surface area (Å²) >= 11 is 0. The van der Waals surface area contributed by atoms with Gasteiger partial charge in [-0.1, -0.05) is 0 Å². The average molecular weight is 242 g/mol. The van der Waals surface area contributed by atoms with Gasteiger partial charge >= 0.3 is 6.09 Å². The van der Waals surface area contributed by atoms with E-state index >= 15 is 0 Å². The number of rotatable bonds is 1. The van der Waals surface area contributed by atoms with Crippen LogP contribution >= 0.6 is 0 Å². The molecule has 1 atom stereocenters. The van der Waals surface area contributed by atoms with Crippen LogP contribution in [0.4, 0.5) is 4.79 Å². The van der Waals surface area contributed by atoms with Crippen LogP contribution in [0.15, 0.2) is 0 Å². The van der Waals surface area contributed by atoms with Gasteiger partial charge < -0.3 is 9.64 Å². The lowest BCUT2D eigenvalue weighted by molar-refractivity contribution is -0.00233. The second kappa shape index (κ2) is 5.25. The van der Waals surface area contributed by atoms with E-state index in [9.17, 15) is 4.79 Å². The lowest BCUT2D eigenvalue weighted by Crippen LogP contribution is -2.56. The molecular weight excluding hydrogens is 216 g/mol. The van der Waals surface area contributed by atoms with Crippen LogP contribution in [0.2, 0.25) is 0 Å². The molecule has 1 saturated heterocycles. The number of ether oxygens (including phenoxy) is 1. The molecule has 17 heavy (non-hydrogen) atoms. The third-order valence-electron chi connectivity index (χ3n) is 3.02. The largest absolute Gasteiger partial charge is 0.444 e. The minimum absolute atomic E-state index is 0.187. The van der Waals surface area contributed by atoms with Gasteiger partial charge in [-0.15, -0.1) is 0 Å². The smallest absolute Gasteiger partial charge is 0.410 e. The van der Waals surface area contributed by atoms with E-state index in [1.54, 1.807) is 0 Å². The summed E-state index contributed by atoms with van der Waals surface area (Å²) < 4.78 is 5.41. The predicted molar refractivity (Wildman–Crippen MR) is 69.1 cm³/mol. The van der Waals surface area contributed by atoms with E-state index in [4.69, 9.17) is 4.74 Å². The Morgan fingerprint density at radius 3 is 2.29 bits per heavy atom. The summed E-state index contributed by atoms with van der Waals surface area (Å²) in [5, 5.41) is 0. The van der Waals surface area contributed by atoms with Crippen molar-refractivity contribution in [1.29, 1.82) is 0 Å². The van der Waals surface area contributed by atoms with E-state index in [0.717, 1.165) is 19.6 Å². The summed E-state index contributed by atoms with van der Waals surface area (Å²) in [5.74, 6) is 0.